The van der Waals surface area contributed by atoms with Crippen LogP contribution in [0.4, 0.5) is 0 Å². The Labute approximate surface area is 232 Å². The van der Waals surface area contributed by atoms with Crippen LogP contribution in [0.5, 0.6) is 0 Å². The molecule has 0 radical (unpaired) electrons. The summed E-state index contributed by atoms with van der Waals surface area (Å²) in [6.07, 6.45) is -0.0333. The molecule has 0 bridgehead atoms. The quantitative estimate of drug-likeness (QED) is 0.120. The highest BCUT2D eigenvalue weighted by atomic mass is 16.6. The number of hydroxylamine groups is 1. The molecule has 0 heterocycles. The van der Waals surface area contributed by atoms with E-state index in [4.69, 9.17) is 19.0 Å². The van der Waals surface area contributed by atoms with Crippen molar-refractivity contribution < 1.29 is 19.0 Å². The first kappa shape index (κ1) is 28.7. The van der Waals surface area contributed by atoms with Crippen molar-refractivity contribution in [1.82, 2.24) is 5.48 Å². The molecule has 0 saturated carbocycles. The molecule has 0 unspecified atom stereocenters. The van der Waals surface area contributed by atoms with Gasteiger partial charge in [0.1, 0.15) is 12.2 Å². The van der Waals surface area contributed by atoms with Crippen LogP contribution in [-0.2, 0) is 45.5 Å². The zero-order chi connectivity index (χ0) is 27.0. The van der Waals surface area contributed by atoms with Crippen LogP contribution in [0, 0.1) is 0 Å². The van der Waals surface area contributed by atoms with E-state index >= 15 is 0 Å². The number of ether oxygens (including phenoxy) is 3. The van der Waals surface area contributed by atoms with Crippen LogP contribution in [0.1, 0.15) is 35.6 Å². The third-order valence-electron chi connectivity index (χ3n) is 6.50. The molecule has 0 fully saturated rings. The van der Waals surface area contributed by atoms with E-state index in [2.05, 4.69) is 48.8 Å². The summed E-state index contributed by atoms with van der Waals surface area (Å²) in [5.41, 5.74) is 7.58. The zero-order valence-electron chi connectivity index (χ0n) is 22.7. The monoisotopic (exact) mass is 525 g/mol. The lowest BCUT2D eigenvalue weighted by atomic mass is 10.0. The SMILES string of the molecule is CC[C@@H](OCc1ccccc1)[C@@H](OCc1ccccc1)[C@@H](CNOCc1ccccc1)OCc1ccccc1. The van der Waals surface area contributed by atoms with Crippen molar-refractivity contribution in [3.63, 3.8) is 0 Å². The van der Waals surface area contributed by atoms with Crippen molar-refractivity contribution in [1.29, 1.82) is 0 Å². The highest BCUT2D eigenvalue weighted by Gasteiger charge is 2.31. The first-order chi connectivity index (χ1) is 19.3. The summed E-state index contributed by atoms with van der Waals surface area (Å²) >= 11 is 0. The van der Waals surface area contributed by atoms with Gasteiger partial charge in [0.25, 0.3) is 0 Å². The fourth-order valence-electron chi connectivity index (χ4n) is 4.34. The second kappa shape index (κ2) is 16.6. The highest BCUT2D eigenvalue weighted by Crippen LogP contribution is 2.20. The van der Waals surface area contributed by atoms with Crippen LogP contribution in [0.15, 0.2) is 121 Å². The van der Waals surface area contributed by atoms with Gasteiger partial charge in [0, 0.05) is 0 Å². The number of benzene rings is 4. The Bertz CT molecular complexity index is 1160. The molecule has 0 spiro atoms. The Balaban J connectivity index is 1.48. The summed E-state index contributed by atoms with van der Waals surface area (Å²) < 4.78 is 19.6. The van der Waals surface area contributed by atoms with Crippen LogP contribution in [0.2, 0.25) is 0 Å². The molecule has 4 aromatic carbocycles. The van der Waals surface area contributed by atoms with Gasteiger partial charge in [0.2, 0.25) is 0 Å². The Morgan fingerprint density at radius 3 is 1.31 bits per heavy atom. The van der Waals surface area contributed by atoms with Crippen LogP contribution < -0.4 is 5.48 Å². The predicted molar refractivity (Wildman–Crippen MR) is 155 cm³/mol. The maximum Gasteiger partial charge on any atom is 0.112 e. The fourth-order valence-corrected chi connectivity index (χ4v) is 4.34. The van der Waals surface area contributed by atoms with Gasteiger partial charge in [0.15, 0.2) is 0 Å². The maximum atomic E-state index is 6.59. The lowest BCUT2D eigenvalue weighted by Crippen LogP contribution is -2.47. The Kier molecular flexibility index (Phi) is 12.2. The summed E-state index contributed by atoms with van der Waals surface area (Å²) in [6.45, 7) is 4.47. The molecule has 0 aromatic heterocycles. The Hall–Kier alpha value is -3.32. The average Bonchev–Trinajstić information content (AvgIpc) is 3.01. The van der Waals surface area contributed by atoms with E-state index < -0.39 is 0 Å². The molecule has 0 aliphatic rings. The summed E-state index contributed by atoms with van der Waals surface area (Å²) in [7, 11) is 0. The normalized spacial score (nSPS) is 13.6. The fraction of sp³-hybridized carbons (Fsp3) is 0.294. The maximum absolute atomic E-state index is 6.59. The largest absolute Gasteiger partial charge is 0.371 e. The van der Waals surface area contributed by atoms with Gasteiger partial charge >= 0.3 is 0 Å². The van der Waals surface area contributed by atoms with E-state index in [9.17, 15) is 0 Å². The molecular weight excluding hydrogens is 486 g/mol. The summed E-state index contributed by atoms with van der Waals surface area (Å²) in [5, 5.41) is 0. The first-order valence-corrected chi connectivity index (χ1v) is 13.7. The lowest BCUT2D eigenvalue weighted by Gasteiger charge is -2.33. The van der Waals surface area contributed by atoms with Crippen LogP contribution in [-0.4, -0.2) is 24.9 Å². The lowest BCUT2D eigenvalue weighted by molar-refractivity contribution is -0.159. The van der Waals surface area contributed by atoms with Crippen LogP contribution in [0.3, 0.4) is 0 Å². The van der Waals surface area contributed by atoms with Gasteiger partial charge in [-0.25, -0.2) is 0 Å². The second-order valence-corrected chi connectivity index (χ2v) is 9.46. The van der Waals surface area contributed by atoms with Gasteiger partial charge < -0.3 is 14.2 Å². The molecule has 4 rings (SSSR count). The molecule has 0 aliphatic carbocycles. The van der Waals surface area contributed by atoms with Gasteiger partial charge in [0.05, 0.1) is 39.1 Å². The third-order valence-corrected chi connectivity index (χ3v) is 6.50. The van der Waals surface area contributed by atoms with Gasteiger partial charge in [-0.05, 0) is 28.7 Å². The van der Waals surface area contributed by atoms with Gasteiger partial charge in [-0.15, -0.1) is 0 Å². The van der Waals surface area contributed by atoms with Crippen LogP contribution >= 0.6 is 0 Å². The second-order valence-electron chi connectivity index (χ2n) is 9.46. The number of rotatable bonds is 17. The number of nitrogens with one attached hydrogen (secondary N) is 1. The molecule has 0 saturated heterocycles. The molecule has 39 heavy (non-hydrogen) atoms. The topological polar surface area (TPSA) is 49.0 Å². The summed E-state index contributed by atoms with van der Waals surface area (Å²) in [5.74, 6) is 0. The smallest absolute Gasteiger partial charge is 0.112 e. The molecule has 204 valence electrons. The van der Waals surface area contributed by atoms with Crippen LogP contribution in [0.25, 0.3) is 0 Å². The summed E-state index contributed by atoms with van der Waals surface area (Å²) in [6, 6.07) is 40.7. The number of hydrogen-bond donors (Lipinski definition) is 1. The van der Waals surface area contributed by atoms with Crippen molar-refractivity contribution in [2.24, 2.45) is 0 Å². The van der Waals surface area contributed by atoms with E-state index in [0.717, 1.165) is 28.7 Å². The van der Waals surface area contributed by atoms with E-state index in [-0.39, 0.29) is 18.3 Å². The molecule has 5 nitrogen and oxygen atoms in total. The first-order valence-electron chi connectivity index (χ1n) is 13.7. The van der Waals surface area contributed by atoms with Gasteiger partial charge in [-0.1, -0.05) is 128 Å². The van der Waals surface area contributed by atoms with E-state index in [1.54, 1.807) is 0 Å². The van der Waals surface area contributed by atoms with E-state index in [1.165, 1.54) is 0 Å². The van der Waals surface area contributed by atoms with Crippen molar-refractivity contribution >= 4 is 0 Å². The standard InChI is InChI=1S/C34H39NO4/c1-2-32(36-24-28-15-7-3-8-16-28)34(38-26-30-19-11-5-12-20-30)33(37-25-29-17-9-4-10-18-29)23-35-39-27-31-21-13-6-14-22-31/h3-22,32-35H,2,23-27H2,1H3/t32-,33-,34-/m1/s1. The molecule has 5 heteroatoms. The predicted octanol–water partition coefficient (Wildman–Crippen LogP) is 6.87. The molecule has 1 N–H and O–H groups in total. The molecule has 0 amide bonds. The zero-order valence-corrected chi connectivity index (χ0v) is 22.7. The minimum Gasteiger partial charge on any atom is -0.371 e. The van der Waals surface area contributed by atoms with Crippen molar-refractivity contribution in [3.05, 3.63) is 144 Å². The van der Waals surface area contributed by atoms with Gasteiger partial charge in [-0.3, -0.25) is 4.84 Å². The van der Waals surface area contributed by atoms with Crippen molar-refractivity contribution in [2.75, 3.05) is 6.54 Å². The van der Waals surface area contributed by atoms with E-state index in [1.807, 2.05) is 84.9 Å². The van der Waals surface area contributed by atoms with Crippen molar-refractivity contribution in [3.8, 4) is 0 Å². The van der Waals surface area contributed by atoms with Crippen molar-refractivity contribution in [2.45, 2.75) is 58.1 Å². The third kappa shape index (κ3) is 10.1. The molecule has 0 aliphatic heterocycles. The minimum atomic E-state index is -0.324. The average molecular weight is 526 g/mol. The summed E-state index contributed by atoms with van der Waals surface area (Å²) in [4.78, 5) is 5.83. The molecule has 4 aromatic rings. The number of hydrogen-bond acceptors (Lipinski definition) is 5. The Morgan fingerprint density at radius 2 is 0.872 bits per heavy atom. The molecule has 3 atom stereocenters. The minimum absolute atomic E-state index is 0.175. The Morgan fingerprint density at radius 1 is 0.487 bits per heavy atom. The molecular formula is C34H39NO4. The van der Waals surface area contributed by atoms with Gasteiger partial charge in [-0.2, -0.15) is 5.48 Å². The van der Waals surface area contributed by atoms with E-state index in [0.29, 0.717) is 33.0 Å². The highest BCUT2D eigenvalue weighted by molar-refractivity contribution is 5.16.